The van der Waals surface area contributed by atoms with Crippen LogP contribution in [0.3, 0.4) is 0 Å². The summed E-state index contributed by atoms with van der Waals surface area (Å²) in [6.45, 7) is 1.00. The number of hydrogen-bond donors (Lipinski definition) is 2. The fourth-order valence-corrected chi connectivity index (χ4v) is 3.63. The number of hydrogen-bond acceptors (Lipinski definition) is 4. The van der Waals surface area contributed by atoms with Crippen molar-refractivity contribution < 1.29 is 14.7 Å². The maximum Gasteiger partial charge on any atom is 0.327 e. The van der Waals surface area contributed by atoms with Crippen molar-refractivity contribution in [3.63, 3.8) is 0 Å². The highest BCUT2D eigenvalue weighted by Gasteiger charge is 2.53. The summed E-state index contributed by atoms with van der Waals surface area (Å²) in [5.41, 5.74) is 0.783. The second-order valence-electron chi connectivity index (χ2n) is 4.22. The summed E-state index contributed by atoms with van der Waals surface area (Å²) in [4.78, 5) is 24.2. The van der Waals surface area contributed by atoms with Crippen LogP contribution in [0.25, 0.3) is 0 Å². The molecule has 5 nitrogen and oxygen atoms in total. The SMILES string of the molecule is O=C(O)C1CS[C@@H]2C(=C[C@@H]3CCN3)C(=O)N12. The lowest BCUT2D eigenvalue weighted by molar-refractivity contribution is -0.150. The topological polar surface area (TPSA) is 69.6 Å². The summed E-state index contributed by atoms with van der Waals surface area (Å²) in [6, 6.07) is -0.320. The van der Waals surface area contributed by atoms with Crippen molar-refractivity contribution in [2.24, 2.45) is 0 Å². The molecule has 0 aromatic carbocycles. The average Bonchev–Trinajstić information content (AvgIpc) is 2.55. The molecular formula is C10H12N2O3S. The van der Waals surface area contributed by atoms with Crippen molar-refractivity contribution in [1.82, 2.24) is 10.2 Å². The van der Waals surface area contributed by atoms with E-state index in [9.17, 15) is 9.59 Å². The summed E-state index contributed by atoms with van der Waals surface area (Å²) >= 11 is 1.55. The summed E-state index contributed by atoms with van der Waals surface area (Å²) < 4.78 is 0. The Bertz CT molecular complexity index is 392. The van der Waals surface area contributed by atoms with E-state index in [1.807, 2.05) is 6.08 Å². The Hall–Kier alpha value is -1.01. The van der Waals surface area contributed by atoms with Crippen molar-refractivity contribution in [2.45, 2.75) is 23.9 Å². The monoisotopic (exact) mass is 240 g/mol. The minimum atomic E-state index is -0.899. The average molecular weight is 240 g/mol. The lowest BCUT2D eigenvalue weighted by Gasteiger charge is -2.40. The molecule has 0 saturated carbocycles. The molecule has 3 atom stereocenters. The molecular weight excluding hydrogens is 228 g/mol. The van der Waals surface area contributed by atoms with E-state index >= 15 is 0 Å². The number of carboxylic acids is 1. The Morgan fingerprint density at radius 2 is 2.38 bits per heavy atom. The number of aliphatic carboxylic acids is 1. The third kappa shape index (κ3) is 1.29. The molecule has 2 N–H and O–H groups in total. The van der Waals surface area contributed by atoms with Crippen molar-refractivity contribution in [3.8, 4) is 0 Å². The van der Waals surface area contributed by atoms with Crippen molar-refractivity contribution in [3.05, 3.63) is 11.6 Å². The first-order valence-electron chi connectivity index (χ1n) is 5.30. The number of thioether (sulfide) groups is 1. The Kier molecular flexibility index (Phi) is 2.22. The summed E-state index contributed by atoms with van der Waals surface area (Å²) in [6.07, 6.45) is 3.03. The quantitative estimate of drug-likeness (QED) is 0.510. The van der Waals surface area contributed by atoms with Crippen molar-refractivity contribution in [2.75, 3.05) is 12.3 Å². The van der Waals surface area contributed by atoms with Gasteiger partial charge in [0.1, 0.15) is 11.4 Å². The molecule has 3 rings (SSSR count). The minimum Gasteiger partial charge on any atom is -0.480 e. The van der Waals surface area contributed by atoms with Crippen LogP contribution in [0.4, 0.5) is 0 Å². The van der Waals surface area contributed by atoms with Gasteiger partial charge in [0.2, 0.25) is 0 Å². The largest absolute Gasteiger partial charge is 0.480 e. The summed E-state index contributed by atoms with van der Waals surface area (Å²) in [5.74, 6) is -0.499. The number of β-lactam (4-membered cyclic amide) rings is 1. The number of amides is 1. The fraction of sp³-hybridized carbons (Fsp3) is 0.600. The molecule has 3 heterocycles. The first kappa shape index (κ1) is 10.2. The maximum atomic E-state index is 11.8. The minimum absolute atomic E-state index is 0.0176. The summed E-state index contributed by atoms with van der Waals surface area (Å²) in [7, 11) is 0. The number of carbonyl (C=O) groups excluding carboxylic acids is 1. The van der Waals surface area contributed by atoms with Gasteiger partial charge in [0.25, 0.3) is 5.91 Å². The van der Waals surface area contributed by atoms with Gasteiger partial charge in [-0.25, -0.2) is 4.79 Å². The van der Waals surface area contributed by atoms with E-state index in [0.29, 0.717) is 11.8 Å². The van der Waals surface area contributed by atoms with Crippen LogP contribution in [0.5, 0.6) is 0 Å². The Balaban J connectivity index is 1.76. The van der Waals surface area contributed by atoms with Gasteiger partial charge in [0.05, 0.1) is 0 Å². The number of nitrogens with zero attached hydrogens (tertiary/aromatic N) is 1. The molecule has 0 spiro atoms. The van der Waals surface area contributed by atoms with Crippen LogP contribution in [0, 0.1) is 0 Å². The van der Waals surface area contributed by atoms with Gasteiger partial charge in [-0.3, -0.25) is 4.79 Å². The van der Waals surface area contributed by atoms with Crippen LogP contribution in [0.2, 0.25) is 0 Å². The number of nitrogens with one attached hydrogen (secondary N) is 1. The first-order valence-corrected chi connectivity index (χ1v) is 6.35. The van der Waals surface area contributed by atoms with Crippen LogP contribution < -0.4 is 5.32 Å². The molecule has 0 aliphatic carbocycles. The molecule has 0 aromatic rings. The molecule has 1 amide bonds. The van der Waals surface area contributed by atoms with E-state index in [1.165, 1.54) is 4.90 Å². The molecule has 3 saturated heterocycles. The highest BCUT2D eigenvalue weighted by Crippen LogP contribution is 2.43. The zero-order valence-corrected chi connectivity index (χ0v) is 9.37. The van der Waals surface area contributed by atoms with Gasteiger partial charge in [-0.15, -0.1) is 11.8 Å². The predicted molar refractivity (Wildman–Crippen MR) is 59.0 cm³/mol. The lowest BCUT2D eigenvalue weighted by Crippen LogP contribution is -2.57. The van der Waals surface area contributed by atoms with Crippen LogP contribution in [0.15, 0.2) is 11.6 Å². The smallest absolute Gasteiger partial charge is 0.327 e. The Morgan fingerprint density at radius 3 is 2.94 bits per heavy atom. The number of fused-ring (bicyclic) bond motifs is 1. The number of carbonyl (C=O) groups is 2. The highest BCUT2D eigenvalue weighted by molar-refractivity contribution is 8.00. The summed E-state index contributed by atoms with van der Waals surface area (Å²) in [5, 5.41) is 12.1. The van der Waals surface area contributed by atoms with Gasteiger partial charge in [0.15, 0.2) is 0 Å². The predicted octanol–water partition coefficient (Wildman–Crippen LogP) is -0.357. The Morgan fingerprint density at radius 1 is 1.62 bits per heavy atom. The zero-order valence-electron chi connectivity index (χ0n) is 8.55. The van der Waals surface area contributed by atoms with E-state index in [-0.39, 0.29) is 11.3 Å². The van der Waals surface area contributed by atoms with Gasteiger partial charge in [0, 0.05) is 17.4 Å². The highest BCUT2D eigenvalue weighted by atomic mass is 32.2. The van der Waals surface area contributed by atoms with E-state index in [4.69, 9.17) is 5.11 Å². The van der Waals surface area contributed by atoms with Crippen LogP contribution in [0.1, 0.15) is 6.42 Å². The van der Waals surface area contributed by atoms with Crippen LogP contribution >= 0.6 is 11.8 Å². The zero-order chi connectivity index (χ0) is 11.3. The third-order valence-electron chi connectivity index (χ3n) is 3.28. The standard InChI is InChI=1S/C10H12N2O3S/c13-8-6(3-5-1-2-11-5)9-12(8)7(4-16-9)10(14)15/h3,5,7,9,11H,1-2,4H2,(H,14,15)/t5-,7?,9+/m0/s1. The van der Waals surface area contributed by atoms with Gasteiger partial charge < -0.3 is 15.3 Å². The molecule has 0 radical (unpaired) electrons. The van der Waals surface area contributed by atoms with E-state index in [0.717, 1.165) is 18.5 Å². The van der Waals surface area contributed by atoms with E-state index in [1.54, 1.807) is 11.8 Å². The first-order chi connectivity index (χ1) is 7.68. The lowest BCUT2D eigenvalue weighted by atomic mass is 9.97. The number of rotatable bonds is 2. The van der Waals surface area contributed by atoms with E-state index < -0.39 is 12.0 Å². The molecule has 16 heavy (non-hydrogen) atoms. The molecule has 3 aliphatic rings. The Labute approximate surface area is 96.9 Å². The molecule has 6 heteroatoms. The van der Waals surface area contributed by atoms with Crippen molar-refractivity contribution >= 4 is 23.6 Å². The molecule has 86 valence electrons. The van der Waals surface area contributed by atoms with Gasteiger partial charge >= 0.3 is 5.97 Å². The third-order valence-corrected chi connectivity index (χ3v) is 4.58. The second-order valence-corrected chi connectivity index (χ2v) is 5.34. The number of carboxylic acid groups (broad SMARTS) is 1. The fourth-order valence-electron chi connectivity index (χ4n) is 2.20. The van der Waals surface area contributed by atoms with Crippen LogP contribution in [-0.4, -0.2) is 51.6 Å². The van der Waals surface area contributed by atoms with Gasteiger partial charge in [-0.05, 0) is 13.0 Å². The molecule has 0 bridgehead atoms. The van der Waals surface area contributed by atoms with E-state index in [2.05, 4.69) is 5.32 Å². The molecule has 0 aromatic heterocycles. The normalized spacial score (nSPS) is 39.2. The van der Waals surface area contributed by atoms with Gasteiger partial charge in [-0.1, -0.05) is 6.08 Å². The molecule has 3 aliphatic heterocycles. The molecule has 1 unspecified atom stereocenters. The maximum absolute atomic E-state index is 11.8. The van der Waals surface area contributed by atoms with Crippen LogP contribution in [-0.2, 0) is 9.59 Å². The van der Waals surface area contributed by atoms with Gasteiger partial charge in [-0.2, -0.15) is 0 Å². The molecule has 3 fully saturated rings. The van der Waals surface area contributed by atoms with Crippen molar-refractivity contribution in [1.29, 1.82) is 0 Å². The second kappa shape index (κ2) is 3.49.